The lowest BCUT2D eigenvalue weighted by Crippen LogP contribution is -2.15. The van der Waals surface area contributed by atoms with E-state index in [4.69, 9.17) is 9.47 Å². The summed E-state index contributed by atoms with van der Waals surface area (Å²) in [6, 6.07) is 13.3. The summed E-state index contributed by atoms with van der Waals surface area (Å²) in [5.41, 5.74) is 2.34. The zero-order valence-electron chi connectivity index (χ0n) is 14.7. The van der Waals surface area contributed by atoms with E-state index in [1.807, 2.05) is 47.8 Å². The number of carbonyl (C=O) groups is 1. The van der Waals surface area contributed by atoms with Gasteiger partial charge in [-0.2, -0.15) is 0 Å². The lowest BCUT2D eigenvalue weighted by atomic mass is 10.1. The Morgan fingerprint density at radius 3 is 2.70 bits per heavy atom. The van der Waals surface area contributed by atoms with Gasteiger partial charge in [0, 0.05) is 21.4 Å². The average Bonchev–Trinajstić information content (AvgIpc) is 3.17. The summed E-state index contributed by atoms with van der Waals surface area (Å²) < 4.78 is 11.2. The maximum Gasteiger partial charge on any atom is 0.257 e. The van der Waals surface area contributed by atoms with Crippen molar-refractivity contribution in [2.45, 2.75) is 11.8 Å². The molecule has 0 saturated heterocycles. The minimum absolute atomic E-state index is 0.161. The first-order chi connectivity index (χ1) is 13.2. The Morgan fingerprint density at radius 2 is 1.93 bits per heavy atom. The Labute approximate surface area is 165 Å². The van der Waals surface area contributed by atoms with Gasteiger partial charge in [0.2, 0.25) is 0 Å². The molecule has 0 atom stereocenters. The number of anilines is 1. The van der Waals surface area contributed by atoms with Crippen LogP contribution < -0.4 is 14.8 Å². The molecule has 0 unspecified atom stereocenters. The van der Waals surface area contributed by atoms with Gasteiger partial charge in [-0.25, -0.2) is 4.98 Å². The first-order valence-electron chi connectivity index (χ1n) is 8.62. The molecule has 0 spiro atoms. The fourth-order valence-electron chi connectivity index (χ4n) is 2.70. The standard InChI is InChI=1S/C20H18N2O3S2/c1-2-26-15-6-3-13(4-7-15)19(23)22-20-21-16(12-27-20)14-5-8-17-18(11-14)25-10-9-24-17/h3-8,11-12H,2,9-10H2,1H3,(H,21,22,23). The second-order valence-corrected chi connectivity index (χ2v) is 8.00. The summed E-state index contributed by atoms with van der Waals surface area (Å²) >= 11 is 3.15. The van der Waals surface area contributed by atoms with Crippen molar-refractivity contribution in [3.63, 3.8) is 0 Å². The van der Waals surface area contributed by atoms with Crippen molar-refractivity contribution < 1.29 is 14.3 Å². The maximum atomic E-state index is 12.4. The molecule has 138 valence electrons. The van der Waals surface area contributed by atoms with Crippen LogP contribution in [0, 0.1) is 0 Å². The van der Waals surface area contributed by atoms with E-state index in [2.05, 4.69) is 17.2 Å². The molecular weight excluding hydrogens is 380 g/mol. The minimum atomic E-state index is -0.161. The monoisotopic (exact) mass is 398 g/mol. The SMILES string of the molecule is CCSc1ccc(C(=O)Nc2nc(-c3ccc4c(c3)OCCO4)cs2)cc1. The first-order valence-corrected chi connectivity index (χ1v) is 10.5. The molecule has 1 aromatic heterocycles. The van der Waals surface area contributed by atoms with Crippen LogP contribution >= 0.6 is 23.1 Å². The van der Waals surface area contributed by atoms with Crippen LogP contribution in [0.15, 0.2) is 52.7 Å². The summed E-state index contributed by atoms with van der Waals surface area (Å²) in [6.07, 6.45) is 0. The van der Waals surface area contributed by atoms with Crippen molar-refractivity contribution in [2.24, 2.45) is 0 Å². The van der Waals surface area contributed by atoms with Gasteiger partial charge in [0.1, 0.15) is 13.2 Å². The third-order valence-corrected chi connectivity index (χ3v) is 5.64. The zero-order chi connectivity index (χ0) is 18.6. The maximum absolute atomic E-state index is 12.4. The number of amides is 1. The average molecular weight is 399 g/mol. The summed E-state index contributed by atoms with van der Waals surface area (Å²) in [4.78, 5) is 18.1. The lowest BCUT2D eigenvalue weighted by molar-refractivity contribution is 0.102. The molecule has 4 rings (SSSR count). The Morgan fingerprint density at radius 1 is 1.15 bits per heavy atom. The molecule has 3 aromatic rings. The first kappa shape index (κ1) is 17.9. The van der Waals surface area contributed by atoms with Crippen molar-refractivity contribution in [1.29, 1.82) is 0 Å². The number of carbonyl (C=O) groups excluding carboxylic acids is 1. The third kappa shape index (κ3) is 4.09. The zero-order valence-corrected chi connectivity index (χ0v) is 16.4. The van der Waals surface area contributed by atoms with Crippen LogP contribution in [-0.4, -0.2) is 29.9 Å². The molecule has 1 aliphatic heterocycles. The highest BCUT2D eigenvalue weighted by atomic mass is 32.2. The van der Waals surface area contributed by atoms with Crippen LogP contribution in [0.25, 0.3) is 11.3 Å². The third-order valence-electron chi connectivity index (χ3n) is 3.99. The van der Waals surface area contributed by atoms with Crippen molar-refractivity contribution >= 4 is 34.1 Å². The molecule has 2 heterocycles. The van der Waals surface area contributed by atoms with Crippen LogP contribution in [0.3, 0.4) is 0 Å². The normalized spacial score (nSPS) is 12.6. The van der Waals surface area contributed by atoms with E-state index < -0.39 is 0 Å². The quantitative estimate of drug-likeness (QED) is 0.617. The minimum Gasteiger partial charge on any atom is -0.486 e. The number of thioether (sulfide) groups is 1. The van der Waals surface area contributed by atoms with Gasteiger partial charge in [0.25, 0.3) is 5.91 Å². The van der Waals surface area contributed by atoms with Crippen LogP contribution in [-0.2, 0) is 0 Å². The van der Waals surface area contributed by atoms with Gasteiger partial charge in [-0.15, -0.1) is 23.1 Å². The number of benzene rings is 2. The van der Waals surface area contributed by atoms with Gasteiger partial charge in [-0.1, -0.05) is 6.92 Å². The molecule has 5 nitrogen and oxygen atoms in total. The summed E-state index contributed by atoms with van der Waals surface area (Å²) in [7, 11) is 0. The second kappa shape index (κ2) is 8.02. The number of fused-ring (bicyclic) bond motifs is 1. The van der Waals surface area contributed by atoms with Crippen LogP contribution in [0.4, 0.5) is 5.13 Å². The Kier molecular flexibility index (Phi) is 5.31. The van der Waals surface area contributed by atoms with E-state index in [1.165, 1.54) is 11.3 Å². The molecule has 0 fully saturated rings. The number of thiazole rings is 1. The molecule has 0 saturated carbocycles. The molecule has 2 aromatic carbocycles. The number of aromatic nitrogens is 1. The van der Waals surface area contributed by atoms with Gasteiger partial charge in [0.05, 0.1) is 5.69 Å². The fourth-order valence-corrected chi connectivity index (χ4v) is 4.08. The Hall–Kier alpha value is -2.51. The van der Waals surface area contributed by atoms with Crippen LogP contribution in [0.2, 0.25) is 0 Å². The highest BCUT2D eigenvalue weighted by Gasteiger charge is 2.15. The van der Waals surface area contributed by atoms with E-state index in [9.17, 15) is 4.79 Å². The summed E-state index contributed by atoms with van der Waals surface area (Å²) in [5, 5.41) is 5.35. The molecular formula is C20H18N2O3S2. The molecule has 0 bridgehead atoms. The van der Waals surface area contributed by atoms with E-state index in [0.29, 0.717) is 23.9 Å². The van der Waals surface area contributed by atoms with Gasteiger partial charge in [-0.05, 0) is 48.2 Å². The fraction of sp³-hybridized carbons (Fsp3) is 0.200. The van der Waals surface area contributed by atoms with E-state index in [0.717, 1.165) is 33.4 Å². The number of nitrogens with zero attached hydrogens (tertiary/aromatic N) is 1. The Bertz CT molecular complexity index is 954. The molecule has 1 amide bonds. The summed E-state index contributed by atoms with van der Waals surface area (Å²) in [5.74, 6) is 2.32. The highest BCUT2D eigenvalue weighted by molar-refractivity contribution is 7.99. The molecule has 27 heavy (non-hydrogen) atoms. The summed E-state index contributed by atoms with van der Waals surface area (Å²) in [6.45, 7) is 3.22. The van der Waals surface area contributed by atoms with Crippen molar-refractivity contribution in [3.8, 4) is 22.8 Å². The number of rotatable bonds is 5. The smallest absolute Gasteiger partial charge is 0.257 e. The largest absolute Gasteiger partial charge is 0.486 e. The van der Waals surface area contributed by atoms with Gasteiger partial charge in [0.15, 0.2) is 16.6 Å². The highest BCUT2D eigenvalue weighted by Crippen LogP contribution is 2.35. The van der Waals surface area contributed by atoms with Gasteiger partial charge < -0.3 is 9.47 Å². The van der Waals surface area contributed by atoms with Crippen molar-refractivity contribution in [3.05, 3.63) is 53.4 Å². The van der Waals surface area contributed by atoms with Crippen LogP contribution in [0.1, 0.15) is 17.3 Å². The number of ether oxygens (including phenoxy) is 2. The van der Waals surface area contributed by atoms with E-state index in [1.54, 1.807) is 11.8 Å². The van der Waals surface area contributed by atoms with Gasteiger partial charge in [-0.3, -0.25) is 10.1 Å². The van der Waals surface area contributed by atoms with E-state index >= 15 is 0 Å². The number of hydrogen-bond acceptors (Lipinski definition) is 6. The number of nitrogens with one attached hydrogen (secondary N) is 1. The molecule has 0 aliphatic carbocycles. The lowest BCUT2D eigenvalue weighted by Gasteiger charge is -2.18. The van der Waals surface area contributed by atoms with Crippen molar-refractivity contribution in [2.75, 3.05) is 24.3 Å². The van der Waals surface area contributed by atoms with E-state index in [-0.39, 0.29) is 5.91 Å². The van der Waals surface area contributed by atoms with Crippen LogP contribution in [0.5, 0.6) is 11.5 Å². The second-order valence-electron chi connectivity index (χ2n) is 5.81. The van der Waals surface area contributed by atoms with Gasteiger partial charge >= 0.3 is 0 Å². The predicted molar refractivity (Wildman–Crippen MR) is 109 cm³/mol. The number of hydrogen-bond donors (Lipinski definition) is 1. The predicted octanol–water partition coefficient (Wildman–Crippen LogP) is 4.95. The van der Waals surface area contributed by atoms with Crippen molar-refractivity contribution in [1.82, 2.24) is 4.98 Å². The molecule has 0 radical (unpaired) electrons. The molecule has 7 heteroatoms. The topological polar surface area (TPSA) is 60.5 Å². The Balaban J connectivity index is 1.47. The molecule has 1 N–H and O–H groups in total. The molecule has 1 aliphatic rings.